The topological polar surface area (TPSA) is 78.9 Å². The standard InChI is InChI=1S/C64H106O6/c1-4-7-10-13-16-19-22-25-28-30-32-34-36-39-42-45-48-51-54-57-63(66)69-60-61(59-68-62(65)56-53-50-47-44-41-38-27-24-21-18-15-12-9-6-3)70-64(67)58-55-52-49-46-43-40-37-35-33-31-29-26-23-20-17-14-11-8-5-2/h7-8,10-11,16-17,19-20,24-29,32-35,61H,4-6,9,12-15,18,21-23,30-31,36-60H2,1-3H3/b10-7-,11-8-,19-16-,20-17-,27-24-,28-25-,29-26-,34-32-,35-33-. The number of carbonyl (C=O) groups excluding carboxylic acids is 3. The molecule has 0 amide bonds. The van der Waals surface area contributed by atoms with Gasteiger partial charge in [-0.15, -0.1) is 0 Å². The van der Waals surface area contributed by atoms with Crippen molar-refractivity contribution in [3.05, 3.63) is 109 Å². The summed E-state index contributed by atoms with van der Waals surface area (Å²) in [4.78, 5) is 38.2. The maximum atomic E-state index is 12.9. The van der Waals surface area contributed by atoms with Crippen molar-refractivity contribution in [1.29, 1.82) is 0 Å². The highest BCUT2D eigenvalue weighted by molar-refractivity contribution is 5.71. The second-order valence-corrected chi connectivity index (χ2v) is 18.8. The van der Waals surface area contributed by atoms with Gasteiger partial charge >= 0.3 is 17.9 Å². The van der Waals surface area contributed by atoms with Crippen molar-refractivity contribution < 1.29 is 28.6 Å². The number of ether oxygens (including phenoxy) is 3. The Morgan fingerprint density at radius 2 is 0.557 bits per heavy atom. The fourth-order valence-electron chi connectivity index (χ4n) is 7.71. The van der Waals surface area contributed by atoms with E-state index in [-0.39, 0.29) is 31.1 Å². The quantitative estimate of drug-likeness (QED) is 0.0262. The molecule has 1 atom stereocenters. The van der Waals surface area contributed by atoms with Crippen LogP contribution in [-0.4, -0.2) is 37.2 Å². The fourth-order valence-corrected chi connectivity index (χ4v) is 7.71. The van der Waals surface area contributed by atoms with Gasteiger partial charge in [0.15, 0.2) is 6.10 Å². The highest BCUT2D eigenvalue weighted by atomic mass is 16.6. The van der Waals surface area contributed by atoms with E-state index < -0.39 is 6.10 Å². The summed E-state index contributed by atoms with van der Waals surface area (Å²) < 4.78 is 16.9. The second-order valence-electron chi connectivity index (χ2n) is 18.8. The lowest BCUT2D eigenvalue weighted by molar-refractivity contribution is -0.167. The van der Waals surface area contributed by atoms with E-state index in [0.717, 1.165) is 141 Å². The first kappa shape index (κ1) is 66.1. The van der Waals surface area contributed by atoms with Crippen molar-refractivity contribution in [3.8, 4) is 0 Å². The van der Waals surface area contributed by atoms with Crippen molar-refractivity contribution in [2.45, 2.75) is 264 Å². The molecule has 0 aromatic rings. The van der Waals surface area contributed by atoms with Crippen molar-refractivity contribution in [1.82, 2.24) is 0 Å². The smallest absolute Gasteiger partial charge is 0.306 e. The van der Waals surface area contributed by atoms with Gasteiger partial charge in [0.05, 0.1) is 0 Å². The van der Waals surface area contributed by atoms with Gasteiger partial charge in [-0.3, -0.25) is 14.4 Å². The Morgan fingerprint density at radius 1 is 0.300 bits per heavy atom. The molecule has 6 nitrogen and oxygen atoms in total. The Kier molecular flexibility index (Phi) is 54.4. The van der Waals surface area contributed by atoms with E-state index in [4.69, 9.17) is 14.2 Å². The first-order valence-corrected chi connectivity index (χ1v) is 28.9. The number of carbonyl (C=O) groups is 3. The molecule has 6 heteroatoms. The van der Waals surface area contributed by atoms with E-state index in [0.29, 0.717) is 19.3 Å². The first-order valence-electron chi connectivity index (χ1n) is 28.9. The summed E-state index contributed by atoms with van der Waals surface area (Å²) in [5, 5.41) is 0. The SMILES string of the molecule is CC/C=C\C/C=C\C/C=C\C/C=C\CCCCCCCCC(=O)OCC(COC(=O)CCCCCCC/C=C\CCCCCCC)OC(=O)CCCCCCCC/C=C\C/C=C\C/C=C\C/C=C\CC. The fraction of sp³-hybridized carbons (Fsp3) is 0.672. The first-order chi connectivity index (χ1) is 34.5. The maximum Gasteiger partial charge on any atom is 0.306 e. The van der Waals surface area contributed by atoms with Crippen molar-refractivity contribution in [2.75, 3.05) is 13.2 Å². The lowest BCUT2D eigenvalue weighted by atomic mass is 10.1. The van der Waals surface area contributed by atoms with Gasteiger partial charge < -0.3 is 14.2 Å². The van der Waals surface area contributed by atoms with Crippen LogP contribution < -0.4 is 0 Å². The van der Waals surface area contributed by atoms with Crippen LogP contribution >= 0.6 is 0 Å². The van der Waals surface area contributed by atoms with Crippen LogP contribution in [0.1, 0.15) is 258 Å². The molecule has 70 heavy (non-hydrogen) atoms. The molecule has 0 aliphatic heterocycles. The second kappa shape index (κ2) is 57.6. The van der Waals surface area contributed by atoms with Crippen LogP contribution in [0.15, 0.2) is 109 Å². The lowest BCUT2D eigenvalue weighted by Crippen LogP contribution is -2.30. The van der Waals surface area contributed by atoms with Crippen LogP contribution in [0.25, 0.3) is 0 Å². The third-order valence-electron chi connectivity index (χ3n) is 12.0. The van der Waals surface area contributed by atoms with Gasteiger partial charge in [0, 0.05) is 19.3 Å². The highest BCUT2D eigenvalue weighted by Gasteiger charge is 2.19. The molecule has 0 heterocycles. The van der Waals surface area contributed by atoms with Crippen LogP contribution in [0.5, 0.6) is 0 Å². The van der Waals surface area contributed by atoms with E-state index in [1.165, 1.54) is 77.0 Å². The van der Waals surface area contributed by atoms with Gasteiger partial charge in [0.2, 0.25) is 0 Å². The Labute approximate surface area is 431 Å². The molecule has 0 aliphatic rings. The Bertz CT molecular complexity index is 1440. The summed E-state index contributed by atoms with van der Waals surface area (Å²) in [6.07, 6.45) is 77.8. The molecule has 1 unspecified atom stereocenters. The lowest BCUT2D eigenvalue weighted by Gasteiger charge is -2.18. The maximum absolute atomic E-state index is 12.9. The number of hydrogen-bond acceptors (Lipinski definition) is 6. The Balaban J connectivity index is 4.46. The zero-order valence-corrected chi connectivity index (χ0v) is 45.5. The molecular weight excluding hydrogens is 865 g/mol. The van der Waals surface area contributed by atoms with E-state index in [9.17, 15) is 14.4 Å². The van der Waals surface area contributed by atoms with Crippen LogP contribution in [0.4, 0.5) is 0 Å². The predicted molar refractivity (Wildman–Crippen MR) is 302 cm³/mol. The van der Waals surface area contributed by atoms with Gasteiger partial charge in [-0.1, -0.05) is 226 Å². The van der Waals surface area contributed by atoms with Crippen molar-refractivity contribution >= 4 is 17.9 Å². The molecule has 0 saturated heterocycles. The molecule has 0 aromatic carbocycles. The number of hydrogen-bond donors (Lipinski definition) is 0. The van der Waals surface area contributed by atoms with Gasteiger partial charge in [-0.25, -0.2) is 0 Å². The summed E-state index contributed by atoms with van der Waals surface area (Å²) in [5.41, 5.74) is 0. The molecule has 0 bridgehead atoms. The van der Waals surface area contributed by atoms with Crippen LogP contribution in [0, 0.1) is 0 Å². The molecule has 0 aromatic heterocycles. The molecular formula is C64H106O6. The molecule has 0 rings (SSSR count). The van der Waals surface area contributed by atoms with Crippen molar-refractivity contribution in [2.24, 2.45) is 0 Å². The molecule has 0 radical (unpaired) electrons. The van der Waals surface area contributed by atoms with Crippen LogP contribution in [0.3, 0.4) is 0 Å². The predicted octanol–water partition coefficient (Wildman–Crippen LogP) is 19.5. The summed E-state index contributed by atoms with van der Waals surface area (Å²) in [6.45, 7) is 6.38. The minimum Gasteiger partial charge on any atom is -0.462 e. The molecule has 398 valence electrons. The van der Waals surface area contributed by atoms with E-state index in [1.807, 2.05) is 0 Å². The number of rotatable bonds is 51. The summed E-state index contributed by atoms with van der Waals surface area (Å²) >= 11 is 0. The Morgan fingerprint density at radius 3 is 0.886 bits per heavy atom. The van der Waals surface area contributed by atoms with E-state index >= 15 is 0 Å². The minimum absolute atomic E-state index is 0.0943. The van der Waals surface area contributed by atoms with Gasteiger partial charge in [0.1, 0.15) is 13.2 Å². The minimum atomic E-state index is -0.798. The molecule has 0 saturated carbocycles. The van der Waals surface area contributed by atoms with E-state index in [2.05, 4.69) is 130 Å². The molecule has 0 N–H and O–H groups in total. The monoisotopic (exact) mass is 971 g/mol. The summed E-state index contributed by atoms with van der Waals surface area (Å²) in [5.74, 6) is -0.929. The average Bonchev–Trinajstić information content (AvgIpc) is 3.36. The molecule has 0 fully saturated rings. The van der Waals surface area contributed by atoms with Gasteiger partial charge in [-0.2, -0.15) is 0 Å². The zero-order valence-electron chi connectivity index (χ0n) is 45.5. The van der Waals surface area contributed by atoms with E-state index in [1.54, 1.807) is 0 Å². The van der Waals surface area contributed by atoms with Crippen LogP contribution in [0.2, 0.25) is 0 Å². The Hall–Kier alpha value is -3.93. The molecule has 0 aliphatic carbocycles. The normalized spacial score (nSPS) is 12.9. The number of esters is 3. The molecule has 0 spiro atoms. The summed E-state index contributed by atoms with van der Waals surface area (Å²) in [6, 6.07) is 0. The summed E-state index contributed by atoms with van der Waals surface area (Å²) in [7, 11) is 0. The van der Waals surface area contributed by atoms with Gasteiger partial charge in [0.25, 0.3) is 0 Å². The highest BCUT2D eigenvalue weighted by Crippen LogP contribution is 2.14. The average molecular weight is 972 g/mol. The third kappa shape index (κ3) is 55.0. The van der Waals surface area contributed by atoms with Crippen LogP contribution in [-0.2, 0) is 28.6 Å². The third-order valence-corrected chi connectivity index (χ3v) is 12.0. The largest absolute Gasteiger partial charge is 0.462 e. The van der Waals surface area contributed by atoms with Gasteiger partial charge in [-0.05, 0) is 122 Å². The van der Waals surface area contributed by atoms with Crippen molar-refractivity contribution in [3.63, 3.8) is 0 Å². The number of unbranched alkanes of at least 4 members (excludes halogenated alkanes) is 22. The number of allylic oxidation sites excluding steroid dienone is 18. The zero-order chi connectivity index (χ0) is 50.7.